The van der Waals surface area contributed by atoms with E-state index in [4.69, 9.17) is 0 Å². The van der Waals surface area contributed by atoms with E-state index >= 15 is 0 Å². The molecule has 1 aliphatic heterocycles. The van der Waals surface area contributed by atoms with Crippen LogP contribution in [0.2, 0.25) is 0 Å². The molecular weight excluding hydrogens is 340 g/mol. The van der Waals surface area contributed by atoms with E-state index in [1.54, 1.807) is 19.4 Å². The molecule has 1 aliphatic rings. The van der Waals surface area contributed by atoms with E-state index in [9.17, 15) is 4.79 Å². The standard InChI is InChI=1S/C20H28N6O/c1-16(27)26-8-7-25(12-17-5-4-6-21-11-17)13-18(14-26)9-19-10-20(24(2)3)23-15-22-19/h4-6,10-11,15,18H,7-9,12-14H2,1-3H3. The molecular formula is C20H28N6O. The monoisotopic (exact) mass is 368 g/mol. The Kier molecular flexibility index (Phi) is 6.34. The number of amides is 1. The number of rotatable bonds is 5. The fourth-order valence-corrected chi connectivity index (χ4v) is 3.53. The fraction of sp³-hybridized carbons (Fsp3) is 0.500. The van der Waals surface area contributed by atoms with Crippen LogP contribution < -0.4 is 4.90 Å². The average Bonchev–Trinajstić information content (AvgIpc) is 2.85. The summed E-state index contributed by atoms with van der Waals surface area (Å²) < 4.78 is 0. The van der Waals surface area contributed by atoms with Crippen LogP contribution >= 0.6 is 0 Å². The van der Waals surface area contributed by atoms with E-state index in [0.717, 1.165) is 50.7 Å². The average molecular weight is 368 g/mol. The van der Waals surface area contributed by atoms with Crippen molar-refractivity contribution in [3.8, 4) is 0 Å². The summed E-state index contributed by atoms with van der Waals surface area (Å²) in [6, 6.07) is 6.11. The van der Waals surface area contributed by atoms with Crippen LogP contribution in [-0.4, -0.2) is 70.9 Å². The topological polar surface area (TPSA) is 65.5 Å². The first-order chi connectivity index (χ1) is 13.0. The summed E-state index contributed by atoms with van der Waals surface area (Å²) in [6.45, 7) is 5.84. The molecule has 27 heavy (non-hydrogen) atoms. The maximum atomic E-state index is 12.0. The Morgan fingerprint density at radius 3 is 2.81 bits per heavy atom. The van der Waals surface area contributed by atoms with Gasteiger partial charge in [0.05, 0.1) is 0 Å². The van der Waals surface area contributed by atoms with Gasteiger partial charge in [0.25, 0.3) is 0 Å². The van der Waals surface area contributed by atoms with Crippen molar-refractivity contribution in [3.05, 3.63) is 48.2 Å². The molecule has 0 saturated carbocycles. The molecule has 0 aromatic carbocycles. The van der Waals surface area contributed by atoms with Crippen molar-refractivity contribution in [1.29, 1.82) is 0 Å². The van der Waals surface area contributed by atoms with Crippen molar-refractivity contribution in [2.75, 3.05) is 45.2 Å². The van der Waals surface area contributed by atoms with Gasteiger partial charge in [-0.2, -0.15) is 0 Å². The molecule has 0 spiro atoms. The molecule has 1 saturated heterocycles. The van der Waals surface area contributed by atoms with Crippen LogP contribution in [0.1, 0.15) is 18.2 Å². The Balaban J connectivity index is 1.74. The van der Waals surface area contributed by atoms with Gasteiger partial charge in [-0.3, -0.25) is 14.7 Å². The zero-order chi connectivity index (χ0) is 19.2. The van der Waals surface area contributed by atoms with Gasteiger partial charge >= 0.3 is 0 Å². The Morgan fingerprint density at radius 1 is 1.26 bits per heavy atom. The van der Waals surface area contributed by atoms with Crippen molar-refractivity contribution in [3.63, 3.8) is 0 Å². The highest BCUT2D eigenvalue weighted by Crippen LogP contribution is 2.18. The van der Waals surface area contributed by atoms with Crippen LogP contribution in [0, 0.1) is 5.92 Å². The van der Waals surface area contributed by atoms with Crippen LogP contribution in [0.15, 0.2) is 36.9 Å². The van der Waals surface area contributed by atoms with Gasteiger partial charge in [-0.15, -0.1) is 0 Å². The lowest BCUT2D eigenvalue weighted by molar-refractivity contribution is -0.129. The molecule has 2 aromatic rings. The molecule has 1 unspecified atom stereocenters. The molecule has 0 N–H and O–H groups in total. The maximum Gasteiger partial charge on any atom is 0.219 e. The predicted octanol–water partition coefficient (Wildman–Crippen LogP) is 1.46. The van der Waals surface area contributed by atoms with E-state index in [-0.39, 0.29) is 5.91 Å². The molecule has 0 bridgehead atoms. The molecule has 0 aliphatic carbocycles. The zero-order valence-corrected chi connectivity index (χ0v) is 16.4. The minimum atomic E-state index is 0.139. The first-order valence-corrected chi connectivity index (χ1v) is 9.36. The van der Waals surface area contributed by atoms with E-state index in [1.807, 2.05) is 42.2 Å². The number of hydrogen-bond acceptors (Lipinski definition) is 6. The molecule has 3 rings (SSSR count). The number of hydrogen-bond donors (Lipinski definition) is 0. The number of carbonyl (C=O) groups excluding carboxylic acids is 1. The molecule has 1 atom stereocenters. The second-order valence-electron chi connectivity index (χ2n) is 7.39. The Hall–Kier alpha value is -2.54. The van der Waals surface area contributed by atoms with Gasteiger partial charge in [-0.25, -0.2) is 9.97 Å². The lowest BCUT2D eigenvalue weighted by Crippen LogP contribution is -2.34. The summed E-state index contributed by atoms with van der Waals surface area (Å²) >= 11 is 0. The second kappa shape index (κ2) is 8.90. The van der Waals surface area contributed by atoms with Crippen LogP contribution in [0.25, 0.3) is 0 Å². The normalized spacial score (nSPS) is 18.2. The maximum absolute atomic E-state index is 12.0. The molecule has 1 fully saturated rings. The Bertz CT molecular complexity index is 751. The number of anilines is 1. The quantitative estimate of drug-likeness (QED) is 0.796. The minimum absolute atomic E-state index is 0.139. The van der Waals surface area contributed by atoms with Gasteiger partial charge in [-0.1, -0.05) is 6.07 Å². The highest BCUT2D eigenvalue weighted by atomic mass is 16.2. The van der Waals surface area contributed by atoms with Gasteiger partial charge in [0.15, 0.2) is 0 Å². The van der Waals surface area contributed by atoms with Crippen molar-refractivity contribution < 1.29 is 4.79 Å². The number of pyridine rings is 1. The predicted molar refractivity (Wildman–Crippen MR) is 105 cm³/mol. The van der Waals surface area contributed by atoms with E-state index in [1.165, 1.54) is 5.56 Å². The zero-order valence-electron chi connectivity index (χ0n) is 16.4. The third-order valence-corrected chi connectivity index (χ3v) is 4.92. The SMILES string of the molecule is CC(=O)N1CCN(Cc2cccnc2)CC(Cc2cc(N(C)C)ncn2)C1. The number of aromatic nitrogens is 3. The van der Waals surface area contributed by atoms with E-state index < -0.39 is 0 Å². The van der Waals surface area contributed by atoms with Crippen molar-refractivity contribution in [1.82, 2.24) is 24.8 Å². The molecule has 7 heteroatoms. The molecule has 3 heterocycles. The Labute approximate surface area is 161 Å². The minimum Gasteiger partial charge on any atom is -0.363 e. The van der Waals surface area contributed by atoms with E-state index in [0.29, 0.717) is 5.92 Å². The molecule has 1 amide bonds. The fourth-order valence-electron chi connectivity index (χ4n) is 3.53. The molecule has 0 radical (unpaired) electrons. The van der Waals surface area contributed by atoms with Crippen LogP contribution in [0.4, 0.5) is 5.82 Å². The van der Waals surface area contributed by atoms with Gasteiger partial charge < -0.3 is 9.80 Å². The van der Waals surface area contributed by atoms with Crippen LogP contribution in [-0.2, 0) is 17.8 Å². The first-order valence-electron chi connectivity index (χ1n) is 9.36. The van der Waals surface area contributed by atoms with Crippen molar-refractivity contribution in [2.24, 2.45) is 5.92 Å². The van der Waals surface area contributed by atoms with Gasteiger partial charge in [0.2, 0.25) is 5.91 Å². The van der Waals surface area contributed by atoms with Crippen molar-refractivity contribution >= 4 is 11.7 Å². The van der Waals surface area contributed by atoms with Crippen molar-refractivity contribution in [2.45, 2.75) is 19.9 Å². The lowest BCUT2D eigenvalue weighted by Gasteiger charge is -2.24. The van der Waals surface area contributed by atoms with Gasteiger partial charge in [0.1, 0.15) is 12.1 Å². The summed E-state index contributed by atoms with van der Waals surface area (Å²) in [6.07, 6.45) is 6.16. The summed E-state index contributed by atoms with van der Waals surface area (Å²) in [5, 5.41) is 0. The highest BCUT2D eigenvalue weighted by molar-refractivity contribution is 5.73. The van der Waals surface area contributed by atoms with Crippen LogP contribution in [0.3, 0.4) is 0 Å². The second-order valence-corrected chi connectivity index (χ2v) is 7.39. The lowest BCUT2D eigenvalue weighted by atomic mass is 10.0. The summed E-state index contributed by atoms with van der Waals surface area (Å²) in [5.41, 5.74) is 2.22. The molecule has 7 nitrogen and oxygen atoms in total. The largest absolute Gasteiger partial charge is 0.363 e. The van der Waals surface area contributed by atoms with Gasteiger partial charge in [0, 0.05) is 77.9 Å². The first kappa shape index (κ1) is 19.2. The number of nitrogens with zero attached hydrogens (tertiary/aromatic N) is 6. The highest BCUT2D eigenvalue weighted by Gasteiger charge is 2.25. The molecule has 2 aromatic heterocycles. The van der Waals surface area contributed by atoms with Gasteiger partial charge in [-0.05, 0) is 24.0 Å². The Morgan fingerprint density at radius 2 is 2.11 bits per heavy atom. The number of carbonyl (C=O) groups is 1. The molecule has 144 valence electrons. The third-order valence-electron chi connectivity index (χ3n) is 4.92. The summed E-state index contributed by atoms with van der Waals surface area (Å²) in [7, 11) is 3.95. The third kappa shape index (κ3) is 5.47. The van der Waals surface area contributed by atoms with E-state index in [2.05, 4.69) is 25.9 Å². The smallest absolute Gasteiger partial charge is 0.219 e. The summed E-state index contributed by atoms with van der Waals surface area (Å²) in [5.74, 6) is 1.38. The summed E-state index contributed by atoms with van der Waals surface area (Å²) in [4.78, 5) is 31.3. The van der Waals surface area contributed by atoms with Crippen LogP contribution in [0.5, 0.6) is 0 Å².